The minimum absolute atomic E-state index is 0.551. The second-order valence-electron chi connectivity index (χ2n) is 4.77. The van der Waals surface area contributed by atoms with E-state index in [4.69, 9.17) is 22.1 Å². The van der Waals surface area contributed by atoms with Crippen LogP contribution in [0.2, 0.25) is 5.02 Å². The predicted molar refractivity (Wildman–Crippen MR) is 76.5 cm³/mol. The first-order valence-electron chi connectivity index (χ1n) is 6.51. The Morgan fingerprint density at radius 1 is 1.39 bits per heavy atom. The second kappa shape index (κ2) is 6.41. The number of rotatable bonds is 4. The topological polar surface area (TPSA) is 38.5 Å². The molecule has 0 radical (unpaired) electrons. The number of benzene rings is 1. The molecular formula is C14H21ClN2O. The van der Waals surface area contributed by atoms with Gasteiger partial charge in [-0.15, -0.1) is 0 Å². The molecule has 1 fully saturated rings. The van der Waals surface area contributed by atoms with E-state index < -0.39 is 0 Å². The number of halogens is 1. The summed E-state index contributed by atoms with van der Waals surface area (Å²) in [5.41, 5.74) is 7.86. The molecule has 1 saturated heterocycles. The molecule has 1 aromatic carbocycles. The van der Waals surface area contributed by atoms with Crippen LogP contribution < -0.4 is 10.6 Å². The Bertz CT molecular complexity index is 391. The van der Waals surface area contributed by atoms with Crippen molar-refractivity contribution in [1.82, 2.24) is 0 Å². The largest absolute Gasteiger partial charge is 0.381 e. The van der Waals surface area contributed by atoms with Crippen molar-refractivity contribution in [1.29, 1.82) is 0 Å². The van der Waals surface area contributed by atoms with E-state index in [-0.39, 0.29) is 0 Å². The van der Waals surface area contributed by atoms with E-state index in [9.17, 15) is 0 Å². The van der Waals surface area contributed by atoms with Crippen LogP contribution in [-0.4, -0.2) is 32.8 Å². The minimum atomic E-state index is 0.551. The highest BCUT2D eigenvalue weighted by molar-refractivity contribution is 6.31. The van der Waals surface area contributed by atoms with E-state index in [2.05, 4.69) is 24.1 Å². The fourth-order valence-corrected chi connectivity index (χ4v) is 2.67. The van der Waals surface area contributed by atoms with Crippen molar-refractivity contribution in [2.45, 2.75) is 25.3 Å². The molecule has 1 aromatic rings. The average molecular weight is 269 g/mol. The fourth-order valence-electron chi connectivity index (χ4n) is 2.40. The lowest BCUT2D eigenvalue weighted by molar-refractivity contribution is 0.0855. The number of nitrogens with two attached hydrogens (primary N) is 1. The fraction of sp³-hybridized carbons (Fsp3) is 0.571. The van der Waals surface area contributed by atoms with Gasteiger partial charge in [0, 0.05) is 37.0 Å². The van der Waals surface area contributed by atoms with E-state index in [1.54, 1.807) is 0 Å². The molecule has 2 N–H and O–H groups in total. The third-order valence-electron chi connectivity index (χ3n) is 3.60. The van der Waals surface area contributed by atoms with Gasteiger partial charge >= 0.3 is 0 Å². The second-order valence-corrected chi connectivity index (χ2v) is 5.18. The number of hydrogen-bond donors (Lipinski definition) is 1. The summed E-state index contributed by atoms with van der Waals surface area (Å²) in [5, 5.41) is 0.817. The molecule has 1 aliphatic rings. The lowest BCUT2D eigenvalue weighted by atomic mass is 10.1. The van der Waals surface area contributed by atoms with Gasteiger partial charge in [-0.2, -0.15) is 0 Å². The summed E-state index contributed by atoms with van der Waals surface area (Å²) in [5.74, 6) is 0. The van der Waals surface area contributed by atoms with Crippen LogP contribution in [0.25, 0.3) is 0 Å². The van der Waals surface area contributed by atoms with Crippen LogP contribution in [0.5, 0.6) is 0 Å². The molecule has 4 heteroatoms. The van der Waals surface area contributed by atoms with Crippen LogP contribution >= 0.6 is 11.6 Å². The highest BCUT2D eigenvalue weighted by atomic mass is 35.5. The molecule has 2 rings (SSSR count). The molecule has 1 heterocycles. The Hall–Kier alpha value is -0.770. The third kappa shape index (κ3) is 3.16. The van der Waals surface area contributed by atoms with Crippen LogP contribution in [0, 0.1) is 0 Å². The van der Waals surface area contributed by atoms with Crippen LogP contribution in [-0.2, 0) is 11.2 Å². The smallest absolute Gasteiger partial charge is 0.0485 e. The number of hydrogen-bond acceptors (Lipinski definition) is 3. The van der Waals surface area contributed by atoms with Gasteiger partial charge in [0.2, 0.25) is 0 Å². The zero-order valence-electron chi connectivity index (χ0n) is 10.9. The van der Waals surface area contributed by atoms with Crippen molar-refractivity contribution in [2.24, 2.45) is 5.73 Å². The van der Waals surface area contributed by atoms with Gasteiger partial charge in [0.1, 0.15) is 0 Å². The number of anilines is 1. The van der Waals surface area contributed by atoms with Gasteiger partial charge in [-0.05, 0) is 43.5 Å². The van der Waals surface area contributed by atoms with Gasteiger partial charge in [0.15, 0.2) is 0 Å². The molecule has 0 bridgehead atoms. The summed E-state index contributed by atoms with van der Waals surface area (Å²) in [6.45, 7) is 2.34. The SMILES string of the molecule is CN(c1ccc(CCN)c(Cl)c1)C1CCOCC1. The zero-order chi connectivity index (χ0) is 13.0. The molecule has 0 spiro atoms. The molecule has 18 heavy (non-hydrogen) atoms. The maximum atomic E-state index is 6.28. The lowest BCUT2D eigenvalue weighted by Crippen LogP contribution is -2.36. The highest BCUT2D eigenvalue weighted by Gasteiger charge is 2.19. The van der Waals surface area contributed by atoms with E-state index in [1.807, 2.05) is 6.07 Å². The summed E-state index contributed by atoms with van der Waals surface area (Å²) in [6.07, 6.45) is 3.00. The zero-order valence-corrected chi connectivity index (χ0v) is 11.6. The third-order valence-corrected chi connectivity index (χ3v) is 3.95. The Balaban J connectivity index is 2.10. The summed E-state index contributed by atoms with van der Waals surface area (Å²) >= 11 is 6.28. The molecule has 0 aromatic heterocycles. The van der Waals surface area contributed by atoms with Crippen molar-refractivity contribution >= 4 is 17.3 Å². The highest BCUT2D eigenvalue weighted by Crippen LogP contribution is 2.26. The summed E-state index contributed by atoms with van der Waals surface area (Å²) in [7, 11) is 2.13. The maximum absolute atomic E-state index is 6.28. The predicted octanol–water partition coefficient (Wildman–Crippen LogP) is 2.46. The first-order chi connectivity index (χ1) is 8.72. The molecular weight excluding hydrogens is 248 g/mol. The van der Waals surface area contributed by atoms with Gasteiger partial charge < -0.3 is 15.4 Å². The first-order valence-corrected chi connectivity index (χ1v) is 6.89. The van der Waals surface area contributed by atoms with Crippen molar-refractivity contribution in [2.75, 3.05) is 31.7 Å². The molecule has 100 valence electrons. The average Bonchev–Trinajstić information content (AvgIpc) is 2.41. The Labute approximate surface area is 114 Å². The van der Waals surface area contributed by atoms with E-state index >= 15 is 0 Å². The minimum Gasteiger partial charge on any atom is -0.381 e. The van der Waals surface area contributed by atoms with Crippen LogP contribution in [0.1, 0.15) is 18.4 Å². The Morgan fingerprint density at radius 2 is 2.11 bits per heavy atom. The summed E-state index contributed by atoms with van der Waals surface area (Å²) in [4.78, 5) is 2.31. The normalized spacial score (nSPS) is 16.8. The van der Waals surface area contributed by atoms with Gasteiger partial charge in [-0.25, -0.2) is 0 Å². The molecule has 3 nitrogen and oxygen atoms in total. The molecule has 0 amide bonds. The van der Waals surface area contributed by atoms with Crippen LogP contribution in [0.15, 0.2) is 18.2 Å². The quantitative estimate of drug-likeness (QED) is 0.912. The summed E-state index contributed by atoms with van der Waals surface area (Å²) < 4.78 is 5.39. The molecule has 1 aliphatic heterocycles. The molecule has 0 saturated carbocycles. The monoisotopic (exact) mass is 268 g/mol. The van der Waals surface area contributed by atoms with Crippen molar-refractivity contribution in [3.8, 4) is 0 Å². The van der Waals surface area contributed by atoms with Crippen LogP contribution in [0.4, 0.5) is 5.69 Å². The van der Waals surface area contributed by atoms with E-state index in [0.717, 1.165) is 43.1 Å². The van der Waals surface area contributed by atoms with E-state index in [0.29, 0.717) is 12.6 Å². The van der Waals surface area contributed by atoms with Gasteiger partial charge in [-0.1, -0.05) is 17.7 Å². The lowest BCUT2D eigenvalue weighted by Gasteiger charge is -2.33. The molecule has 0 aliphatic carbocycles. The number of nitrogens with zero attached hydrogens (tertiary/aromatic N) is 1. The van der Waals surface area contributed by atoms with Crippen molar-refractivity contribution in [3.63, 3.8) is 0 Å². The van der Waals surface area contributed by atoms with Gasteiger partial charge in [-0.3, -0.25) is 0 Å². The van der Waals surface area contributed by atoms with Gasteiger partial charge in [0.25, 0.3) is 0 Å². The first kappa shape index (κ1) is 13.7. The molecule has 0 atom stereocenters. The standard InChI is InChI=1S/C14H21ClN2O/c1-17(12-5-8-18-9-6-12)13-3-2-11(4-7-16)14(15)10-13/h2-3,10,12H,4-9,16H2,1H3. The van der Waals surface area contributed by atoms with E-state index in [1.165, 1.54) is 5.69 Å². The van der Waals surface area contributed by atoms with Crippen molar-refractivity contribution < 1.29 is 4.74 Å². The maximum Gasteiger partial charge on any atom is 0.0485 e. The van der Waals surface area contributed by atoms with Crippen molar-refractivity contribution in [3.05, 3.63) is 28.8 Å². The Kier molecular flexibility index (Phi) is 4.87. The summed E-state index contributed by atoms with van der Waals surface area (Å²) in [6, 6.07) is 6.81. The van der Waals surface area contributed by atoms with Crippen LogP contribution in [0.3, 0.4) is 0 Å². The van der Waals surface area contributed by atoms with Gasteiger partial charge in [0.05, 0.1) is 0 Å². The molecule has 0 unspecified atom stereocenters. The number of ether oxygens (including phenoxy) is 1. The Morgan fingerprint density at radius 3 is 2.72 bits per heavy atom.